The molecule has 0 saturated heterocycles. The Morgan fingerprint density at radius 3 is 2.14 bits per heavy atom. The van der Waals surface area contributed by atoms with E-state index in [4.69, 9.17) is 5.73 Å². The summed E-state index contributed by atoms with van der Waals surface area (Å²) in [6.07, 6.45) is 0.935. The lowest BCUT2D eigenvalue weighted by Crippen LogP contribution is -2.03. The zero-order valence-electron chi connectivity index (χ0n) is 8.61. The third-order valence-corrected chi connectivity index (χ3v) is 2.12. The third-order valence-electron chi connectivity index (χ3n) is 2.12. The van der Waals surface area contributed by atoms with Crippen molar-refractivity contribution in [2.24, 2.45) is 5.73 Å². The minimum absolute atomic E-state index is 0.699. The van der Waals surface area contributed by atoms with Gasteiger partial charge in [0.15, 0.2) is 0 Å². The van der Waals surface area contributed by atoms with E-state index in [1.54, 1.807) is 0 Å². The van der Waals surface area contributed by atoms with Gasteiger partial charge < -0.3 is 5.73 Å². The highest BCUT2D eigenvalue weighted by molar-refractivity contribution is 5.22. The Morgan fingerprint density at radius 1 is 0.929 bits per heavy atom. The van der Waals surface area contributed by atoms with Gasteiger partial charge in [0.1, 0.15) is 0 Å². The van der Waals surface area contributed by atoms with Crippen LogP contribution in [0.4, 0.5) is 0 Å². The minimum Gasteiger partial charge on any atom is -0.330 e. The summed E-state index contributed by atoms with van der Waals surface area (Å²) in [6, 6.07) is 16.4. The van der Waals surface area contributed by atoms with E-state index in [1.807, 2.05) is 24.3 Å². The second-order valence-corrected chi connectivity index (χ2v) is 3.23. The van der Waals surface area contributed by atoms with Gasteiger partial charge in [-0.3, -0.25) is 0 Å². The second-order valence-electron chi connectivity index (χ2n) is 3.23. The SMILES string of the molecule is Cc1ccccccccc1CCN. The Hall–Kier alpha value is -1.34. The Morgan fingerprint density at radius 2 is 1.50 bits per heavy atom. The summed E-state index contributed by atoms with van der Waals surface area (Å²) in [4.78, 5) is 0. The lowest BCUT2D eigenvalue weighted by atomic mass is 10.1. The van der Waals surface area contributed by atoms with Crippen LogP contribution in [0.1, 0.15) is 11.1 Å². The van der Waals surface area contributed by atoms with Gasteiger partial charge >= 0.3 is 0 Å². The summed E-state index contributed by atoms with van der Waals surface area (Å²) in [6.45, 7) is 2.81. The first-order chi connectivity index (χ1) is 6.84. The monoisotopic (exact) mass is 187 g/mol. The zero-order valence-corrected chi connectivity index (χ0v) is 8.61. The van der Waals surface area contributed by atoms with Crippen LogP contribution in [0.2, 0.25) is 0 Å². The largest absolute Gasteiger partial charge is 0.330 e. The highest BCUT2D eigenvalue weighted by atomic mass is 14.5. The van der Waals surface area contributed by atoms with Crippen LogP contribution < -0.4 is 5.73 Å². The van der Waals surface area contributed by atoms with Crippen molar-refractivity contribution in [3.8, 4) is 0 Å². The second kappa shape index (κ2) is 6.17. The average molecular weight is 187 g/mol. The number of hydrogen-bond donors (Lipinski definition) is 1. The quantitative estimate of drug-likeness (QED) is 0.756. The van der Waals surface area contributed by atoms with Gasteiger partial charge in [-0.05, 0) is 31.0 Å². The van der Waals surface area contributed by atoms with E-state index in [0.717, 1.165) is 6.42 Å². The molecule has 14 heavy (non-hydrogen) atoms. The van der Waals surface area contributed by atoms with E-state index in [2.05, 4.69) is 31.2 Å². The van der Waals surface area contributed by atoms with Crippen LogP contribution in [0.15, 0.2) is 48.5 Å². The molecule has 0 fully saturated rings. The summed E-state index contributed by atoms with van der Waals surface area (Å²) in [5, 5.41) is 0. The Labute approximate surface area is 85.9 Å². The van der Waals surface area contributed by atoms with Crippen molar-refractivity contribution in [2.45, 2.75) is 13.3 Å². The molecule has 0 aliphatic carbocycles. The highest BCUT2D eigenvalue weighted by Crippen LogP contribution is 2.03. The minimum atomic E-state index is 0.699. The average Bonchev–Trinajstić information content (AvgIpc) is 2.20. The Kier molecular flexibility index (Phi) is 4.73. The summed E-state index contributed by atoms with van der Waals surface area (Å²) in [5.74, 6) is 0. The molecule has 74 valence electrons. The van der Waals surface area contributed by atoms with E-state index >= 15 is 0 Å². The van der Waals surface area contributed by atoms with E-state index in [-0.39, 0.29) is 0 Å². The third kappa shape index (κ3) is 3.58. The molecule has 0 amide bonds. The molecule has 0 heterocycles. The smallest absolute Gasteiger partial charge is 0.00366 e. The first kappa shape index (κ1) is 10.7. The van der Waals surface area contributed by atoms with Crippen molar-refractivity contribution in [3.05, 3.63) is 59.7 Å². The molecule has 0 bridgehead atoms. The van der Waals surface area contributed by atoms with Crippen LogP contribution in [0.25, 0.3) is 0 Å². The molecule has 0 spiro atoms. The molecule has 0 atom stereocenters. The van der Waals surface area contributed by atoms with Crippen LogP contribution in [0.3, 0.4) is 0 Å². The van der Waals surface area contributed by atoms with Crippen molar-refractivity contribution < 1.29 is 0 Å². The first-order valence-corrected chi connectivity index (χ1v) is 4.92. The van der Waals surface area contributed by atoms with Crippen molar-refractivity contribution in [1.29, 1.82) is 0 Å². The molecule has 0 unspecified atom stereocenters. The van der Waals surface area contributed by atoms with Gasteiger partial charge in [-0.25, -0.2) is 0 Å². The molecule has 1 aromatic rings. The maximum absolute atomic E-state index is 5.56. The van der Waals surface area contributed by atoms with Gasteiger partial charge in [0.05, 0.1) is 0 Å². The van der Waals surface area contributed by atoms with Crippen molar-refractivity contribution in [3.63, 3.8) is 0 Å². The zero-order chi connectivity index (χ0) is 10.2. The predicted molar refractivity (Wildman–Crippen MR) is 61.6 cm³/mol. The van der Waals surface area contributed by atoms with E-state index in [9.17, 15) is 0 Å². The van der Waals surface area contributed by atoms with E-state index in [0.29, 0.717) is 6.54 Å². The molecule has 0 saturated carbocycles. The van der Waals surface area contributed by atoms with Crippen LogP contribution in [-0.4, -0.2) is 6.54 Å². The molecule has 2 N–H and O–H groups in total. The van der Waals surface area contributed by atoms with Crippen molar-refractivity contribution in [1.82, 2.24) is 0 Å². The summed E-state index contributed by atoms with van der Waals surface area (Å²) in [5.41, 5.74) is 8.15. The molecule has 1 heteroatoms. The highest BCUT2D eigenvalue weighted by Gasteiger charge is 1.90. The number of rotatable bonds is 2. The van der Waals surface area contributed by atoms with Crippen molar-refractivity contribution >= 4 is 0 Å². The fourth-order valence-corrected chi connectivity index (χ4v) is 1.30. The van der Waals surface area contributed by atoms with Gasteiger partial charge in [-0.2, -0.15) is 0 Å². The molecule has 0 radical (unpaired) electrons. The van der Waals surface area contributed by atoms with Crippen LogP contribution in [0, 0.1) is 6.92 Å². The summed E-state index contributed by atoms with van der Waals surface area (Å²) >= 11 is 0. The fourth-order valence-electron chi connectivity index (χ4n) is 1.30. The molecule has 0 aromatic heterocycles. The van der Waals surface area contributed by atoms with E-state index in [1.165, 1.54) is 11.1 Å². The van der Waals surface area contributed by atoms with Crippen LogP contribution in [-0.2, 0) is 6.42 Å². The predicted octanol–water partition coefficient (Wildman–Crippen LogP) is 2.62. The van der Waals surface area contributed by atoms with Crippen LogP contribution >= 0.6 is 0 Å². The Bertz CT molecular complexity index is 330. The Balaban J connectivity index is 3.15. The number of hydrogen-bond acceptors (Lipinski definition) is 1. The molecule has 1 nitrogen and oxygen atoms in total. The molecular formula is C13H17N. The maximum atomic E-state index is 5.56. The molecule has 0 aliphatic heterocycles. The van der Waals surface area contributed by atoms with Gasteiger partial charge in [0.2, 0.25) is 0 Å². The normalized spacial score (nSPS) is 9.29. The van der Waals surface area contributed by atoms with Gasteiger partial charge in [0, 0.05) is 0 Å². The number of nitrogens with two attached hydrogens (primary N) is 1. The van der Waals surface area contributed by atoms with E-state index < -0.39 is 0 Å². The van der Waals surface area contributed by atoms with Gasteiger partial charge in [-0.1, -0.05) is 48.5 Å². The molecule has 0 aliphatic rings. The standard InChI is InChI=1S/C13H17N/c1-12-8-6-4-2-3-5-7-9-13(12)10-11-14/h2-9H,10-11,14H2,1H3. The molecule has 1 rings (SSSR count). The molecule has 1 aromatic carbocycles. The summed E-state index contributed by atoms with van der Waals surface area (Å²) in [7, 11) is 0. The lowest BCUT2D eigenvalue weighted by molar-refractivity contribution is 0.960. The fraction of sp³-hybridized carbons (Fsp3) is 0.231. The topological polar surface area (TPSA) is 26.0 Å². The maximum Gasteiger partial charge on any atom is -0.00366 e. The van der Waals surface area contributed by atoms with Crippen LogP contribution in [0.5, 0.6) is 0 Å². The lowest BCUT2D eigenvalue weighted by Gasteiger charge is -1.99. The van der Waals surface area contributed by atoms with Gasteiger partial charge in [-0.15, -0.1) is 0 Å². The summed E-state index contributed by atoms with van der Waals surface area (Å²) < 4.78 is 0. The number of aryl methyl sites for hydroxylation is 1. The first-order valence-electron chi connectivity index (χ1n) is 4.92. The molecular weight excluding hydrogens is 170 g/mol. The van der Waals surface area contributed by atoms with Crippen molar-refractivity contribution in [2.75, 3.05) is 6.54 Å². The van der Waals surface area contributed by atoms with Gasteiger partial charge in [0.25, 0.3) is 0 Å².